The summed E-state index contributed by atoms with van der Waals surface area (Å²) in [5, 5.41) is 4.07. The summed E-state index contributed by atoms with van der Waals surface area (Å²) in [6, 6.07) is 4.90. The second kappa shape index (κ2) is 6.41. The van der Waals surface area contributed by atoms with Crippen molar-refractivity contribution in [2.24, 2.45) is 5.11 Å². The standard InChI is InChI=1S/C14H16N6O2S/c1-18-4-6-19(7-5-18)13(21)9-20-14(22)11-3-2-10(16-17-15)8-12(11)23-20/h2-3,8H,4-7,9H2,1H3. The summed E-state index contributed by atoms with van der Waals surface area (Å²) >= 11 is 1.22. The predicted octanol–water partition coefficient (Wildman–Crippen LogP) is 1.78. The van der Waals surface area contributed by atoms with E-state index in [4.69, 9.17) is 5.53 Å². The highest BCUT2D eigenvalue weighted by Gasteiger charge is 2.20. The van der Waals surface area contributed by atoms with Gasteiger partial charge in [0.05, 0.1) is 10.1 Å². The molecular formula is C14H16N6O2S. The monoisotopic (exact) mass is 332 g/mol. The number of carbonyl (C=O) groups is 1. The number of rotatable bonds is 3. The normalized spacial score (nSPS) is 15.6. The fourth-order valence-corrected chi connectivity index (χ4v) is 3.58. The summed E-state index contributed by atoms with van der Waals surface area (Å²) in [5.74, 6) is -0.0398. The van der Waals surface area contributed by atoms with Crippen LogP contribution in [0.25, 0.3) is 20.5 Å². The molecule has 0 unspecified atom stereocenters. The summed E-state index contributed by atoms with van der Waals surface area (Å²) in [7, 11) is 2.03. The van der Waals surface area contributed by atoms with Gasteiger partial charge in [-0.25, -0.2) is 0 Å². The molecule has 23 heavy (non-hydrogen) atoms. The molecule has 0 radical (unpaired) electrons. The van der Waals surface area contributed by atoms with Gasteiger partial charge in [0, 0.05) is 36.8 Å². The number of likely N-dealkylation sites (N-methyl/N-ethyl adjacent to an activating group) is 1. The number of piperazine rings is 1. The van der Waals surface area contributed by atoms with Gasteiger partial charge in [0.15, 0.2) is 0 Å². The molecule has 3 rings (SSSR count). The molecule has 1 aliphatic rings. The fraction of sp³-hybridized carbons (Fsp3) is 0.429. The van der Waals surface area contributed by atoms with E-state index in [1.54, 1.807) is 23.1 Å². The number of benzene rings is 1. The molecule has 1 aromatic heterocycles. The highest BCUT2D eigenvalue weighted by atomic mass is 32.1. The van der Waals surface area contributed by atoms with Crippen LogP contribution in [0, 0.1) is 0 Å². The number of aromatic nitrogens is 1. The maximum absolute atomic E-state index is 12.4. The molecule has 2 heterocycles. The molecule has 1 saturated heterocycles. The first kappa shape index (κ1) is 15.5. The van der Waals surface area contributed by atoms with Gasteiger partial charge in [-0.2, -0.15) is 0 Å². The van der Waals surface area contributed by atoms with Crippen LogP contribution < -0.4 is 5.56 Å². The first-order valence-corrected chi connectivity index (χ1v) is 8.01. The Kier molecular flexibility index (Phi) is 4.33. The van der Waals surface area contributed by atoms with E-state index < -0.39 is 0 Å². The van der Waals surface area contributed by atoms with Gasteiger partial charge in [-0.05, 0) is 24.7 Å². The minimum Gasteiger partial charge on any atom is -0.339 e. The Morgan fingerprint density at radius 3 is 2.78 bits per heavy atom. The number of hydrogen-bond donors (Lipinski definition) is 0. The topological polar surface area (TPSA) is 94.3 Å². The van der Waals surface area contributed by atoms with E-state index in [2.05, 4.69) is 14.9 Å². The molecule has 0 aliphatic carbocycles. The van der Waals surface area contributed by atoms with E-state index in [-0.39, 0.29) is 18.0 Å². The minimum absolute atomic E-state index is 0.0398. The predicted molar refractivity (Wildman–Crippen MR) is 89.0 cm³/mol. The number of azide groups is 1. The summed E-state index contributed by atoms with van der Waals surface area (Å²) < 4.78 is 2.18. The number of nitrogens with zero attached hydrogens (tertiary/aromatic N) is 6. The number of fused-ring (bicyclic) bond motifs is 1. The fourth-order valence-electron chi connectivity index (χ4n) is 2.55. The number of hydrogen-bond acceptors (Lipinski definition) is 5. The van der Waals surface area contributed by atoms with Gasteiger partial charge in [0.1, 0.15) is 6.54 Å². The summed E-state index contributed by atoms with van der Waals surface area (Å²) in [6.45, 7) is 3.13. The van der Waals surface area contributed by atoms with Gasteiger partial charge in [-0.3, -0.25) is 13.5 Å². The lowest BCUT2D eigenvalue weighted by Gasteiger charge is -2.32. The maximum atomic E-state index is 12.4. The van der Waals surface area contributed by atoms with E-state index >= 15 is 0 Å². The quantitative estimate of drug-likeness (QED) is 0.487. The third kappa shape index (κ3) is 3.21. The molecule has 0 spiro atoms. The van der Waals surface area contributed by atoms with E-state index in [9.17, 15) is 9.59 Å². The van der Waals surface area contributed by atoms with Crippen LogP contribution in [-0.2, 0) is 11.3 Å². The third-order valence-electron chi connectivity index (χ3n) is 3.93. The van der Waals surface area contributed by atoms with Crippen molar-refractivity contribution < 1.29 is 4.79 Å². The van der Waals surface area contributed by atoms with Crippen molar-refractivity contribution in [3.63, 3.8) is 0 Å². The van der Waals surface area contributed by atoms with Gasteiger partial charge in [0.2, 0.25) is 5.91 Å². The molecule has 0 atom stereocenters. The van der Waals surface area contributed by atoms with Crippen molar-refractivity contribution in [2.75, 3.05) is 33.2 Å². The first-order chi connectivity index (χ1) is 11.1. The molecule has 1 amide bonds. The zero-order valence-electron chi connectivity index (χ0n) is 12.7. The van der Waals surface area contributed by atoms with Gasteiger partial charge >= 0.3 is 0 Å². The van der Waals surface area contributed by atoms with Crippen LogP contribution in [0.1, 0.15) is 0 Å². The lowest BCUT2D eigenvalue weighted by molar-refractivity contribution is -0.133. The van der Waals surface area contributed by atoms with E-state index in [1.807, 2.05) is 7.05 Å². The second-order valence-corrected chi connectivity index (χ2v) is 6.55. The Morgan fingerprint density at radius 1 is 1.35 bits per heavy atom. The Hall–Kier alpha value is -2.35. The van der Waals surface area contributed by atoms with Gasteiger partial charge in [0.25, 0.3) is 5.56 Å². The van der Waals surface area contributed by atoms with Crippen molar-refractivity contribution in [1.82, 2.24) is 13.8 Å². The summed E-state index contributed by atoms with van der Waals surface area (Å²) in [6.07, 6.45) is 0. The molecule has 0 N–H and O–H groups in total. The number of carbonyl (C=O) groups excluding carboxylic acids is 1. The largest absolute Gasteiger partial charge is 0.339 e. The van der Waals surface area contributed by atoms with Crippen molar-refractivity contribution in [3.8, 4) is 0 Å². The summed E-state index contributed by atoms with van der Waals surface area (Å²) in [4.78, 5) is 31.4. The molecule has 2 aromatic rings. The zero-order valence-corrected chi connectivity index (χ0v) is 13.5. The van der Waals surface area contributed by atoms with Crippen LogP contribution in [0.4, 0.5) is 5.69 Å². The van der Waals surface area contributed by atoms with Crippen LogP contribution in [0.2, 0.25) is 0 Å². The molecule has 1 aromatic carbocycles. The van der Waals surface area contributed by atoms with E-state index in [0.717, 1.165) is 13.1 Å². The van der Waals surface area contributed by atoms with E-state index in [0.29, 0.717) is 28.9 Å². The molecular weight excluding hydrogens is 316 g/mol. The van der Waals surface area contributed by atoms with Crippen molar-refractivity contribution in [3.05, 3.63) is 39.0 Å². The van der Waals surface area contributed by atoms with Gasteiger partial charge < -0.3 is 9.80 Å². The molecule has 120 valence electrons. The zero-order chi connectivity index (χ0) is 16.4. The van der Waals surface area contributed by atoms with Crippen LogP contribution in [0.5, 0.6) is 0 Å². The average Bonchev–Trinajstić information content (AvgIpc) is 2.84. The average molecular weight is 332 g/mol. The summed E-state index contributed by atoms with van der Waals surface area (Å²) in [5.41, 5.74) is 8.75. The van der Waals surface area contributed by atoms with Gasteiger partial charge in [-0.15, -0.1) is 0 Å². The Morgan fingerprint density at radius 2 is 2.09 bits per heavy atom. The Labute approximate surface area is 136 Å². The Bertz CT molecular complexity index is 843. The van der Waals surface area contributed by atoms with Crippen molar-refractivity contribution >= 4 is 33.2 Å². The SMILES string of the molecule is CN1CCN(C(=O)Cn2sc3cc(N=[N+]=[N-])ccc3c2=O)CC1. The highest BCUT2D eigenvalue weighted by Crippen LogP contribution is 2.23. The molecule has 1 fully saturated rings. The first-order valence-electron chi connectivity index (χ1n) is 7.24. The molecule has 1 aliphatic heterocycles. The van der Waals surface area contributed by atoms with Crippen molar-refractivity contribution in [1.29, 1.82) is 0 Å². The molecule has 0 saturated carbocycles. The van der Waals surface area contributed by atoms with Crippen LogP contribution in [0.15, 0.2) is 28.1 Å². The minimum atomic E-state index is -0.181. The third-order valence-corrected chi connectivity index (χ3v) is 4.98. The second-order valence-electron chi connectivity index (χ2n) is 5.49. The van der Waals surface area contributed by atoms with Crippen LogP contribution in [-0.4, -0.2) is 52.9 Å². The molecule has 9 heteroatoms. The lowest BCUT2D eigenvalue weighted by atomic mass is 10.2. The highest BCUT2D eigenvalue weighted by molar-refractivity contribution is 7.13. The molecule has 0 bridgehead atoms. The Balaban J connectivity index is 1.82. The maximum Gasteiger partial charge on any atom is 0.268 e. The smallest absolute Gasteiger partial charge is 0.268 e. The van der Waals surface area contributed by atoms with E-state index in [1.165, 1.54) is 15.5 Å². The van der Waals surface area contributed by atoms with Crippen molar-refractivity contribution in [2.45, 2.75) is 6.54 Å². The van der Waals surface area contributed by atoms with Crippen LogP contribution >= 0.6 is 11.5 Å². The van der Waals surface area contributed by atoms with Crippen LogP contribution in [0.3, 0.4) is 0 Å². The number of amides is 1. The lowest BCUT2D eigenvalue weighted by Crippen LogP contribution is -2.48. The van der Waals surface area contributed by atoms with Gasteiger partial charge in [-0.1, -0.05) is 22.7 Å². The molecule has 8 nitrogen and oxygen atoms in total.